The highest BCUT2D eigenvalue weighted by Gasteiger charge is 2.03. The Morgan fingerprint density at radius 1 is 0.345 bits per heavy atom. The summed E-state index contributed by atoms with van der Waals surface area (Å²) in [6.07, 6.45) is 0. The smallest absolute Gasteiger partial charge is 0.0562 e. The van der Waals surface area contributed by atoms with E-state index in [4.69, 9.17) is 11.6 Å². The van der Waals surface area contributed by atoms with Gasteiger partial charge >= 0.3 is 0 Å². The topological polar surface area (TPSA) is 0 Å². The lowest BCUT2D eigenvalue weighted by Gasteiger charge is -2.05. The zero-order chi connectivity index (χ0) is 19.6. The molecule has 0 aliphatic rings. The van der Waals surface area contributed by atoms with Gasteiger partial charge in [-0.25, -0.2) is 0 Å². The van der Waals surface area contributed by atoms with Crippen LogP contribution in [-0.4, -0.2) is 0 Å². The second kappa shape index (κ2) is 7.58. The summed E-state index contributed by atoms with van der Waals surface area (Å²) in [5.41, 5.74) is 0. The first-order chi connectivity index (χ1) is 14.3. The third-order valence-corrected chi connectivity index (χ3v) is 5.73. The van der Waals surface area contributed by atoms with Gasteiger partial charge in [0, 0.05) is 10.8 Å². The molecule has 0 aliphatic carbocycles. The van der Waals surface area contributed by atoms with Crippen molar-refractivity contribution in [2.24, 2.45) is 0 Å². The van der Waals surface area contributed by atoms with E-state index >= 15 is 0 Å². The van der Waals surface area contributed by atoms with E-state index in [1.165, 1.54) is 32.3 Å². The summed E-state index contributed by atoms with van der Waals surface area (Å²) in [6.45, 7) is 0. The molecular weight excluding hydrogens is 372 g/mol. The van der Waals surface area contributed by atoms with Gasteiger partial charge in [-0.2, -0.15) is 0 Å². The number of rotatable bonds is 0. The Kier molecular flexibility index (Phi) is 4.63. The van der Waals surface area contributed by atoms with Crippen molar-refractivity contribution in [1.29, 1.82) is 0 Å². The molecule has 6 aromatic carbocycles. The average molecular weight is 391 g/mol. The van der Waals surface area contributed by atoms with Gasteiger partial charge in [0.25, 0.3) is 0 Å². The molecule has 0 radical (unpaired) electrons. The highest BCUT2D eigenvalue weighted by molar-refractivity contribution is 6.40. The van der Waals surface area contributed by atoms with Gasteiger partial charge in [0.05, 0.1) is 5.02 Å². The highest BCUT2D eigenvalue weighted by Crippen LogP contribution is 2.31. The van der Waals surface area contributed by atoms with Crippen LogP contribution < -0.4 is 0 Å². The van der Waals surface area contributed by atoms with Gasteiger partial charge in [0.2, 0.25) is 0 Å². The molecule has 6 aromatic rings. The molecule has 0 atom stereocenters. The normalized spacial score (nSPS) is 10.9. The van der Waals surface area contributed by atoms with Crippen molar-refractivity contribution >= 4 is 54.7 Å². The van der Waals surface area contributed by atoms with Crippen LogP contribution in [0, 0.1) is 0 Å². The summed E-state index contributed by atoms with van der Waals surface area (Å²) in [7, 11) is 0. The van der Waals surface area contributed by atoms with Gasteiger partial charge in [-0.1, -0.05) is 109 Å². The van der Waals surface area contributed by atoms with E-state index in [2.05, 4.69) is 91.0 Å². The minimum Gasteiger partial charge on any atom is -0.0830 e. The monoisotopic (exact) mass is 390 g/mol. The predicted molar refractivity (Wildman–Crippen MR) is 128 cm³/mol. The second-order valence-electron chi connectivity index (χ2n) is 7.18. The van der Waals surface area contributed by atoms with Crippen LogP contribution in [0.5, 0.6) is 0 Å². The molecule has 0 N–H and O–H groups in total. The van der Waals surface area contributed by atoms with E-state index in [9.17, 15) is 0 Å². The summed E-state index contributed by atoms with van der Waals surface area (Å²) in [5, 5.41) is 10.7. The molecule has 0 nitrogen and oxygen atoms in total. The van der Waals surface area contributed by atoms with E-state index in [1.54, 1.807) is 0 Å². The zero-order valence-electron chi connectivity index (χ0n) is 15.8. The number of fused-ring (bicyclic) bond motifs is 4. The van der Waals surface area contributed by atoms with Gasteiger partial charge in [-0.15, -0.1) is 0 Å². The van der Waals surface area contributed by atoms with Gasteiger partial charge in [-0.05, 0) is 50.5 Å². The Balaban J connectivity index is 0.000000125. The quantitative estimate of drug-likeness (QED) is 0.227. The summed E-state index contributed by atoms with van der Waals surface area (Å²) in [4.78, 5) is 0. The van der Waals surface area contributed by atoms with Crippen molar-refractivity contribution in [3.8, 4) is 0 Å². The highest BCUT2D eigenvalue weighted by atomic mass is 35.5. The first-order valence-corrected chi connectivity index (χ1v) is 10.1. The third-order valence-electron chi connectivity index (χ3n) is 5.32. The fourth-order valence-corrected chi connectivity index (χ4v) is 4.18. The summed E-state index contributed by atoms with van der Waals surface area (Å²) in [6, 6.07) is 40.0. The van der Waals surface area contributed by atoms with Crippen LogP contribution in [-0.2, 0) is 0 Å². The van der Waals surface area contributed by atoms with Crippen molar-refractivity contribution < 1.29 is 0 Å². The molecule has 0 aromatic heterocycles. The number of hydrogen-bond acceptors (Lipinski definition) is 0. The molecule has 0 amide bonds. The fourth-order valence-electron chi connectivity index (χ4n) is 3.84. The Bertz CT molecular complexity index is 1300. The van der Waals surface area contributed by atoms with E-state index in [-0.39, 0.29) is 0 Å². The second-order valence-corrected chi connectivity index (χ2v) is 7.56. The molecule has 0 bridgehead atoms. The minimum atomic E-state index is 0.851. The van der Waals surface area contributed by atoms with E-state index in [1.807, 2.05) is 24.3 Å². The Morgan fingerprint density at radius 3 is 1.00 bits per heavy atom. The molecule has 0 saturated heterocycles. The van der Waals surface area contributed by atoms with Crippen LogP contribution in [0.2, 0.25) is 5.02 Å². The first-order valence-electron chi connectivity index (χ1n) is 9.73. The van der Waals surface area contributed by atoms with Gasteiger partial charge < -0.3 is 0 Å². The van der Waals surface area contributed by atoms with Crippen molar-refractivity contribution in [2.75, 3.05) is 0 Å². The average Bonchev–Trinajstić information content (AvgIpc) is 2.78. The maximum Gasteiger partial charge on any atom is 0.0562 e. The van der Waals surface area contributed by atoms with Crippen LogP contribution in [0.25, 0.3) is 43.1 Å². The van der Waals surface area contributed by atoms with Crippen LogP contribution in [0.15, 0.2) is 115 Å². The third kappa shape index (κ3) is 3.44. The van der Waals surface area contributed by atoms with E-state index < -0.39 is 0 Å². The lowest BCUT2D eigenvalue weighted by Crippen LogP contribution is -1.78. The molecule has 6 rings (SSSR count). The maximum atomic E-state index is 6.37. The van der Waals surface area contributed by atoms with E-state index in [0.29, 0.717) is 0 Å². The van der Waals surface area contributed by atoms with Gasteiger partial charge in [-0.3, -0.25) is 0 Å². The maximum absolute atomic E-state index is 6.37. The number of hydrogen-bond donors (Lipinski definition) is 0. The lowest BCUT2D eigenvalue weighted by molar-refractivity contribution is 1.76. The summed E-state index contributed by atoms with van der Waals surface area (Å²) in [5.74, 6) is 0. The molecule has 138 valence electrons. The SMILES string of the molecule is Clc1c2ccccc2cc2ccccc12.c1ccc2cc3ccccc3cc2c1. The molecule has 0 fully saturated rings. The molecule has 29 heavy (non-hydrogen) atoms. The predicted octanol–water partition coefficient (Wildman–Crippen LogP) is 8.64. The van der Waals surface area contributed by atoms with Crippen molar-refractivity contribution in [1.82, 2.24) is 0 Å². The first kappa shape index (κ1) is 17.7. The molecule has 0 spiro atoms. The van der Waals surface area contributed by atoms with Crippen molar-refractivity contribution in [2.45, 2.75) is 0 Å². The van der Waals surface area contributed by atoms with E-state index in [0.717, 1.165) is 15.8 Å². The standard InChI is InChI=1S/C14H9Cl.C14H10/c15-14-12-7-3-1-5-10(12)9-11-6-2-4-8-13(11)14;1-2-6-12-10-14-8-4-3-7-13(14)9-11(12)5-1/h1-9H;1-10H. The van der Waals surface area contributed by atoms with Crippen LogP contribution >= 0.6 is 11.6 Å². The zero-order valence-corrected chi connectivity index (χ0v) is 16.6. The Hall–Kier alpha value is -3.35. The van der Waals surface area contributed by atoms with Crippen molar-refractivity contribution in [3.63, 3.8) is 0 Å². The largest absolute Gasteiger partial charge is 0.0830 e. The number of benzene rings is 6. The van der Waals surface area contributed by atoms with Crippen LogP contribution in [0.1, 0.15) is 0 Å². The summed E-state index contributed by atoms with van der Waals surface area (Å²) >= 11 is 6.37. The molecular formula is C28H19Cl. The van der Waals surface area contributed by atoms with Gasteiger partial charge in [0.1, 0.15) is 0 Å². The van der Waals surface area contributed by atoms with Gasteiger partial charge in [0.15, 0.2) is 0 Å². The van der Waals surface area contributed by atoms with Crippen molar-refractivity contribution in [3.05, 3.63) is 120 Å². The Morgan fingerprint density at radius 2 is 0.621 bits per heavy atom. The Labute approximate surface area is 175 Å². The molecule has 0 heterocycles. The molecule has 0 aliphatic heterocycles. The number of halogens is 1. The minimum absolute atomic E-state index is 0.851. The van der Waals surface area contributed by atoms with Crippen LogP contribution in [0.3, 0.4) is 0 Å². The molecule has 1 heteroatoms. The van der Waals surface area contributed by atoms with Crippen LogP contribution in [0.4, 0.5) is 0 Å². The fraction of sp³-hybridized carbons (Fsp3) is 0. The summed E-state index contributed by atoms with van der Waals surface area (Å²) < 4.78 is 0. The lowest BCUT2D eigenvalue weighted by atomic mass is 10.0. The molecule has 0 saturated carbocycles. The molecule has 0 unspecified atom stereocenters.